The first-order valence-electron chi connectivity index (χ1n) is 9.18. The van der Waals surface area contributed by atoms with Gasteiger partial charge in [-0.05, 0) is 12.1 Å². The molecule has 0 aliphatic carbocycles. The van der Waals surface area contributed by atoms with Gasteiger partial charge in [-0.3, -0.25) is 4.79 Å². The van der Waals surface area contributed by atoms with Gasteiger partial charge in [-0.2, -0.15) is 0 Å². The average molecular weight is 392 g/mol. The van der Waals surface area contributed by atoms with Gasteiger partial charge >= 0.3 is 6.16 Å². The fourth-order valence-corrected chi connectivity index (χ4v) is 3.27. The third-order valence-corrected chi connectivity index (χ3v) is 4.62. The molecule has 1 aliphatic rings. The van der Waals surface area contributed by atoms with Crippen molar-refractivity contribution in [2.24, 2.45) is 0 Å². The summed E-state index contributed by atoms with van der Waals surface area (Å²) >= 11 is 0. The molecule has 2 aromatic carbocycles. The lowest BCUT2D eigenvalue weighted by Gasteiger charge is -2.27. The van der Waals surface area contributed by atoms with E-state index in [-0.39, 0.29) is 12.5 Å². The molecule has 0 saturated carbocycles. The van der Waals surface area contributed by atoms with E-state index < -0.39 is 6.16 Å². The number of imidazole rings is 1. The molecule has 0 spiro atoms. The number of rotatable bonds is 4. The molecular weight excluding hydrogens is 372 g/mol. The predicted octanol–water partition coefficient (Wildman–Crippen LogP) is 3.32. The normalized spacial score (nSPS) is 13.4. The number of hydroxylamine groups is 2. The molecule has 8 nitrogen and oxygen atoms in total. The first-order valence-corrected chi connectivity index (χ1v) is 9.18. The van der Waals surface area contributed by atoms with Crippen molar-refractivity contribution in [1.29, 1.82) is 0 Å². The largest absolute Gasteiger partial charge is 0.527 e. The van der Waals surface area contributed by atoms with E-state index in [1.807, 2.05) is 65.2 Å². The van der Waals surface area contributed by atoms with Crippen LogP contribution in [0.2, 0.25) is 0 Å². The van der Waals surface area contributed by atoms with Crippen LogP contribution in [0.5, 0.6) is 0 Å². The zero-order valence-electron chi connectivity index (χ0n) is 15.9. The molecule has 0 fully saturated rings. The first kappa shape index (κ1) is 18.7. The molecule has 1 N–H and O–H groups in total. The van der Waals surface area contributed by atoms with Crippen molar-refractivity contribution in [2.75, 3.05) is 19.0 Å². The molecule has 0 bridgehead atoms. The van der Waals surface area contributed by atoms with Gasteiger partial charge in [-0.25, -0.2) is 9.78 Å². The lowest BCUT2D eigenvalue weighted by atomic mass is 10.2. The highest BCUT2D eigenvalue weighted by atomic mass is 16.8. The molecule has 148 valence electrons. The highest BCUT2D eigenvalue weighted by Crippen LogP contribution is 2.27. The van der Waals surface area contributed by atoms with E-state index in [4.69, 9.17) is 4.84 Å². The second kappa shape index (κ2) is 8.15. The Morgan fingerprint density at radius 2 is 1.69 bits per heavy atom. The Kier molecular flexibility index (Phi) is 5.26. The maximum absolute atomic E-state index is 13.0. The number of benzene rings is 2. The lowest BCUT2D eigenvalue weighted by molar-refractivity contribution is -0.139. The molecule has 1 aromatic heterocycles. The molecule has 29 heavy (non-hydrogen) atoms. The maximum Gasteiger partial charge on any atom is 0.527 e. The van der Waals surface area contributed by atoms with E-state index in [1.165, 1.54) is 12.2 Å². The molecule has 0 atom stereocenters. The van der Waals surface area contributed by atoms with Crippen LogP contribution in [0.25, 0.3) is 11.4 Å². The number of carbonyl (C=O) groups excluding carboxylic acids is 2. The first-order chi connectivity index (χ1) is 14.2. The van der Waals surface area contributed by atoms with Gasteiger partial charge in [-0.1, -0.05) is 48.5 Å². The smallest absolute Gasteiger partial charge is 0.436 e. The Morgan fingerprint density at radius 3 is 2.38 bits per heavy atom. The van der Waals surface area contributed by atoms with Crippen LogP contribution in [0.3, 0.4) is 0 Å². The number of hydrogen-bond acceptors (Lipinski definition) is 6. The number of aromatic nitrogens is 2. The van der Waals surface area contributed by atoms with Crippen LogP contribution in [0.4, 0.5) is 10.5 Å². The van der Waals surface area contributed by atoms with Crippen molar-refractivity contribution in [3.63, 3.8) is 0 Å². The number of fused-ring (bicyclic) bond motifs is 1. The Bertz CT molecular complexity index is 1020. The van der Waals surface area contributed by atoms with Crippen LogP contribution >= 0.6 is 0 Å². The van der Waals surface area contributed by atoms with Gasteiger partial charge in [0.2, 0.25) is 0 Å². The summed E-state index contributed by atoms with van der Waals surface area (Å²) in [6.07, 6.45) is -0.795. The number of amides is 1. The molecule has 1 amide bonds. The average Bonchev–Trinajstić information content (AvgIpc) is 3.14. The second-order valence-corrected chi connectivity index (χ2v) is 6.48. The summed E-state index contributed by atoms with van der Waals surface area (Å²) in [5, 5.41) is 4.34. The Hall–Kier alpha value is -3.65. The van der Waals surface area contributed by atoms with Gasteiger partial charge in [0.25, 0.3) is 5.91 Å². The topological polar surface area (TPSA) is 85.7 Å². The molecular formula is C21H20N4O4. The quantitative estimate of drug-likeness (QED) is 0.686. The van der Waals surface area contributed by atoms with Gasteiger partial charge in [0.1, 0.15) is 5.82 Å². The maximum atomic E-state index is 13.0. The molecule has 2 heterocycles. The fourth-order valence-electron chi connectivity index (χ4n) is 3.27. The minimum Gasteiger partial charge on any atom is -0.436 e. The van der Waals surface area contributed by atoms with Crippen LogP contribution < -0.4 is 5.32 Å². The number of methoxy groups -OCH3 is 1. The van der Waals surface area contributed by atoms with E-state index in [2.05, 4.69) is 15.0 Å². The van der Waals surface area contributed by atoms with Crippen LogP contribution in [-0.2, 0) is 22.7 Å². The summed E-state index contributed by atoms with van der Waals surface area (Å²) < 4.78 is 6.56. The summed E-state index contributed by atoms with van der Waals surface area (Å²) in [7, 11) is 1.25. The monoisotopic (exact) mass is 392 g/mol. The zero-order valence-corrected chi connectivity index (χ0v) is 15.9. The zero-order chi connectivity index (χ0) is 20.2. The van der Waals surface area contributed by atoms with Gasteiger partial charge in [0.15, 0.2) is 5.69 Å². The number of hydrogen-bond donors (Lipinski definition) is 1. The van der Waals surface area contributed by atoms with E-state index in [1.54, 1.807) is 0 Å². The SMILES string of the molecule is COC(=O)ON1CCn2c(-c3ccccc3)nc(C(=O)Nc3ccccc3)c2C1. The van der Waals surface area contributed by atoms with Gasteiger partial charge in [-0.15, -0.1) is 5.06 Å². The van der Waals surface area contributed by atoms with Crippen LogP contribution in [-0.4, -0.2) is 40.3 Å². The lowest BCUT2D eigenvalue weighted by Crippen LogP contribution is -2.36. The summed E-state index contributed by atoms with van der Waals surface area (Å²) in [4.78, 5) is 34.3. The van der Waals surface area contributed by atoms with Gasteiger partial charge in [0, 0.05) is 17.8 Å². The number of nitrogens with one attached hydrogen (secondary N) is 1. The van der Waals surface area contributed by atoms with Crippen molar-refractivity contribution < 1.29 is 19.2 Å². The minimum atomic E-state index is -0.795. The fraction of sp³-hybridized carbons (Fsp3) is 0.190. The Morgan fingerprint density at radius 1 is 1.00 bits per heavy atom. The molecule has 3 aromatic rings. The molecule has 0 radical (unpaired) electrons. The standard InChI is InChI=1S/C21H20N4O4/c1-28-21(27)29-24-12-13-25-17(14-24)18(20(26)22-16-10-6-3-7-11-16)23-19(25)15-8-4-2-5-9-15/h2-11H,12-14H2,1H3,(H,22,26). The molecule has 8 heteroatoms. The van der Waals surface area contributed by atoms with Crippen molar-refractivity contribution >= 4 is 17.7 Å². The number of carbonyl (C=O) groups is 2. The van der Waals surface area contributed by atoms with Crippen molar-refractivity contribution in [3.8, 4) is 11.4 Å². The minimum absolute atomic E-state index is 0.229. The molecule has 1 aliphatic heterocycles. The van der Waals surface area contributed by atoms with Crippen LogP contribution in [0.15, 0.2) is 60.7 Å². The summed E-state index contributed by atoms with van der Waals surface area (Å²) in [5.74, 6) is 0.388. The Labute approximate surface area is 167 Å². The van der Waals surface area contributed by atoms with E-state index in [0.717, 1.165) is 5.56 Å². The molecule has 0 saturated heterocycles. The van der Waals surface area contributed by atoms with Crippen LogP contribution in [0.1, 0.15) is 16.2 Å². The number of anilines is 1. The van der Waals surface area contributed by atoms with Gasteiger partial charge < -0.3 is 19.5 Å². The van der Waals surface area contributed by atoms with E-state index in [9.17, 15) is 9.59 Å². The predicted molar refractivity (Wildman–Crippen MR) is 106 cm³/mol. The molecule has 4 rings (SSSR count). The highest BCUT2D eigenvalue weighted by molar-refractivity contribution is 6.04. The van der Waals surface area contributed by atoms with Gasteiger partial charge in [0.05, 0.1) is 25.9 Å². The summed E-state index contributed by atoms with van der Waals surface area (Å²) in [6.45, 7) is 1.20. The second-order valence-electron chi connectivity index (χ2n) is 6.48. The van der Waals surface area contributed by atoms with Crippen molar-refractivity contribution in [2.45, 2.75) is 13.1 Å². The van der Waals surface area contributed by atoms with Crippen molar-refractivity contribution in [3.05, 3.63) is 72.1 Å². The third kappa shape index (κ3) is 3.97. The Balaban J connectivity index is 1.69. The summed E-state index contributed by atoms with van der Waals surface area (Å²) in [6, 6.07) is 18.9. The van der Waals surface area contributed by atoms with Crippen LogP contribution in [0, 0.1) is 0 Å². The third-order valence-electron chi connectivity index (χ3n) is 4.62. The summed E-state index contributed by atoms with van der Waals surface area (Å²) in [5.41, 5.74) is 2.56. The van der Waals surface area contributed by atoms with E-state index >= 15 is 0 Å². The van der Waals surface area contributed by atoms with E-state index in [0.29, 0.717) is 36.0 Å². The van der Waals surface area contributed by atoms with Crippen molar-refractivity contribution in [1.82, 2.24) is 14.6 Å². The molecule has 0 unspecified atom stereocenters. The number of nitrogens with zero attached hydrogens (tertiary/aromatic N) is 3. The number of para-hydroxylation sites is 1. The number of ether oxygens (including phenoxy) is 1. The highest BCUT2D eigenvalue weighted by Gasteiger charge is 2.29.